The van der Waals surface area contributed by atoms with Crippen LogP contribution >= 0.6 is 11.3 Å². The van der Waals surface area contributed by atoms with Crippen LogP contribution in [0.1, 0.15) is 58.2 Å². The molecule has 0 saturated carbocycles. The van der Waals surface area contributed by atoms with Crippen molar-refractivity contribution in [3.05, 3.63) is 212 Å². The molecule has 1 aliphatic rings. The van der Waals surface area contributed by atoms with Gasteiger partial charge in [-0.3, -0.25) is 0 Å². The molecule has 4 heterocycles. The Labute approximate surface area is 428 Å². The first kappa shape index (κ1) is 45.5. The Morgan fingerprint density at radius 3 is 1.96 bits per heavy atom. The van der Waals surface area contributed by atoms with E-state index in [4.69, 9.17) is 9.72 Å². The second kappa shape index (κ2) is 17.5. The number of benzene rings is 8. The van der Waals surface area contributed by atoms with Crippen molar-refractivity contribution in [3.8, 4) is 39.6 Å². The number of aromatic nitrogens is 2. The van der Waals surface area contributed by atoms with Crippen LogP contribution in [0.3, 0.4) is 0 Å². The molecule has 0 radical (unpaired) electrons. The number of rotatable bonds is 7. The van der Waals surface area contributed by atoms with Gasteiger partial charge in [0.25, 0.3) is 0 Å². The van der Waals surface area contributed by atoms with Gasteiger partial charge in [-0.15, -0.1) is 59.4 Å². The molecule has 7 heteroatoms. The molecular weight excluding hydrogens is 1060 g/mol. The average Bonchev–Trinajstić information content (AvgIpc) is 4.03. The third-order valence-electron chi connectivity index (χ3n) is 13.6. The van der Waals surface area contributed by atoms with Crippen LogP contribution in [0.5, 0.6) is 11.5 Å². The molecule has 8 aromatic carbocycles. The molecule has 0 fully saturated rings. The summed E-state index contributed by atoms with van der Waals surface area (Å²) in [5.41, 5.74) is 14.5. The maximum absolute atomic E-state index is 6.67. The van der Waals surface area contributed by atoms with Crippen molar-refractivity contribution in [2.45, 2.75) is 59.3 Å². The summed E-state index contributed by atoms with van der Waals surface area (Å²) in [7, 11) is 0. The first-order valence-corrected chi connectivity index (χ1v) is 24.5. The van der Waals surface area contributed by atoms with Gasteiger partial charge in [-0.1, -0.05) is 132 Å². The van der Waals surface area contributed by atoms with Gasteiger partial charge in [0.2, 0.25) is 0 Å². The van der Waals surface area contributed by atoms with Gasteiger partial charge in [-0.25, -0.2) is 4.98 Å². The van der Waals surface area contributed by atoms with Gasteiger partial charge in [0, 0.05) is 87.1 Å². The van der Waals surface area contributed by atoms with Gasteiger partial charge in [0.1, 0.15) is 5.82 Å². The van der Waals surface area contributed by atoms with E-state index in [1.165, 1.54) is 42.4 Å². The molecule has 12 rings (SSSR count). The smallest absolute Gasteiger partial charge is 0.135 e. The van der Waals surface area contributed by atoms with Crippen LogP contribution in [0.15, 0.2) is 176 Å². The van der Waals surface area contributed by atoms with E-state index in [1.54, 1.807) is 0 Å². The summed E-state index contributed by atoms with van der Waals surface area (Å²) in [5.74, 6) is 2.02. The normalized spacial score (nSPS) is 12.8. The molecule has 0 atom stereocenters. The molecule has 3 aromatic heterocycles. The van der Waals surface area contributed by atoms with E-state index < -0.39 is 0 Å². The molecule has 1 aliphatic heterocycles. The number of ether oxygens (including phenoxy) is 1. The number of aryl methyl sites for hydroxylation is 1. The molecule has 0 saturated heterocycles. The first-order valence-electron chi connectivity index (χ1n) is 23.7. The summed E-state index contributed by atoms with van der Waals surface area (Å²) in [6.45, 7) is 18.1. The van der Waals surface area contributed by atoms with Crippen molar-refractivity contribution in [1.29, 1.82) is 0 Å². The number of nitrogens with zero attached hydrogens (tertiary/aromatic N) is 4. The van der Waals surface area contributed by atoms with E-state index in [1.807, 2.05) is 35.7 Å². The molecule has 0 aliphatic carbocycles. The summed E-state index contributed by atoms with van der Waals surface area (Å²) in [5, 5.41) is 4.84. The quantitative estimate of drug-likeness (QED) is 0.149. The van der Waals surface area contributed by atoms with Gasteiger partial charge in [-0.05, 0) is 111 Å². The van der Waals surface area contributed by atoms with Gasteiger partial charge in [-0.2, -0.15) is 12.1 Å². The number of anilines is 4. The second-order valence-electron chi connectivity index (χ2n) is 20.3. The summed E-state index contributed by atoms with van der Waals surface area (Å²) in [6, 6.07) is 68.0. The van der Waals surface area contributed by atoms with Crippen LogP contribution in [0.4, 0.5) is 22.7 Å². The third-order valence-corrected chi connectivity index (χ3v) is 14.7. The Morgan fingerprint density at radius 1 is 0.543 bits per heavy atom. The van der Waals surface area contributed by atoms with Crippen LogP contribution in [0.25, 0.3) is 70.0 Å². The average molecular weight is 1110 g/mol. The standard InChI is InChI=1S/C63H51N4OS.Pt/c1-40-30-61(64-38-54(40)43-17-14-16-41(31-43)42-26-28-53-52-21-9-13-25-59(52)69-60(53)32-42)67-55-22-10-8-20-50(55)51-29-27-49(37-58(51)67)68-48-19-15-18-46(36-48)65-39-66(57-24-12-11-23-56(57)65)47-34-44(62(2,3)4)33-45(35-47)63(5,6)7;/h8-35,38-39H,1-7H3;/q-3;. The summed E-state index contributed by atoms with van der Waals surface area (Å²) < 4.78 is 11.5. The zero-order valence-corrected chi connectivity index (χ0v) is 43.3. The zero-order chi connectivity index (χ0) is 47.2. The molecule has 0 N–H and O–H groups in total. The van der Waals surface area contributed by atoms with Crippen LogP contribution < -0.4 is 14.5 Å². The summed E-state index contributed by atoms with van der Waals surface area (Å²) >= 11 is 1.85. The topological polar surface area (TPSA) is 33.5 Å². The number of hydrogen-bond donors (Lipinski definition) is 0. The van der Waals surface area contributed by atoms with E-state index in [9.17, 15) is 0 Å². The predicted octanol–water partition coefficient (Wildman–Crippen LogP) is 17.6. The maximum atomic E-state index is 6.67. The van der Waals surface area contributed by atoms with Crippen LogP contribution in [-0.4, -0.2) is 9.55 Å². The Hall–Kier alpha value is -6.98. The van der Waals surface area contributed by atoms with Gasteiger partial charge in [0.15, 0.2) is 0 Å². The van der Waals surface area contributed by atoms with Crippen LogP contribution in [0, 0.1) is 25.7 Å². The van der Waals surface area contributed by atoms with Crippen molar-refractivity contribution in [2.24, 2.45) is 0 Å². The Kier molecular flexibility index (Phi) is 11.3. The monoisotopic (exact) mass is 1110 g/mol. The fraction of sp³-hybridized carbons (Fsp3) is 0.143. The second-order valence-corrected chi connectivity index (χ2v) is 21.4. The largest absolute Gasteiger partial charge is 0.509 e. The number of thiophene rings is 1. The van der Waals surface area contributed by atoms with Gasteiger partial charge in [0.05, 0.1) is 0 Å². The van der Waals surface area contributed by atoms with E-state index in [-0.39, 0.29) is 31.9 Å². The fourth-order valence-electron chi connectivity index (χ4n) is 9.79. The Morgan fingerprint density at radius 2 is 1.19 bits per heavy atom. The van der Waals surface area contributed by atoms with Crippen LogP contribution in [0.2, 0.25) is 0 Å². The molecule has 5 nitrogen and oxygen atoms in total. The third kappa shape index (κ3) is 8.07. The minimum Gasteiger partial charge on any atom is -0.509 e. The first-order chi connectivity index (χ1) is 33.3. The van der Waals surface area contributed by atoms with Crippen molar-refractivity contribution < 1.29 is 25.8 Å². The van der Waals surface area contributed by atoms with Gasteiger partial charge < -0.3 is 19.1 Å². The molecular formula is C63H51N4OPtS-3. The molecule has 0 bridgehead atoms. The number of pyridine rings is 1. The minimum atomic E-state index is -0.00570. The molecule has 0 unspecified atom stereocenters. The molecule has 0 spiro atoms. The SMILES string of the molecule is Cc1cc(-n2c3[c-]c(Oc4[c-]c(N5[CH-]N(c6cc(C(C)(C)C)cc(C(C)(C)C)c6)c6ccccc65)ccc4)ccc3c3ccccc32)ncc1-c1cccc(-c2ccc3c(c2)sc2ccccc23)c1.[Pt]. The van der Waals surface area contributed by atoms with Crippen molar-refractivity contribution in [2.75, 3.05) is 9.80 Å². The van der Waals surface area contributed by atoms with Gasteiger partial charge >= 0.3 is 0 Å². The van der Waals surface area contributed by atoms with E-state index >= 15 is 0 Å². The van der Waals surface area contributed by atoms with Crippen molar-refractivity contribution >= 4 is 76.1 Å². The zero-order valence-electron chi connectivity index (χ0n) is 40.2. The minimum absolute atomic E-state index is 0. The number of hydrogen-bond acceptors (Lipinski definition) is 5. The predicted molar refractivity (Wildman–Crippen MR) is 290 cm³/mol. The summed E-state index contributed by atoms with van der Waals surface area (Å²) in [4.78, 5) is 9.66. The van der Waals surface area contributed by atoms with E-state index in [2.05, 4.69) is 233 Å². The maximum Gasteiger partial charge on any atom is 0.135 e. The fourth-order valence-corrected chi connectivity index (χ4v) is 10.9. The van der Waals surface area contributed by atoms with Crippen molar-refractivity contribution in [1.82, 2.24) is 9.55 Å². The van der Waals surface area contributed by atoms with Crippen LogP contribution in [-0.2, 0) is 31.9 Å². The molecule has 348 valence electrons. The Bertz CT molecular complexity index is 3780. The number of para-hydroxylation sites is 3. The van der Waals surface area contributed by atoms with E-state index in [0.717, 1.165) is 67.1 Å². The molecule has 0 amide bonds. The summed E-state index contributed by atoms with van der Waals surface area (Å²) in [6.07, 6.45) is 2.01. The number of fused-ring (bicyclic) bond motifs is 7. The molecule has 11 aromatic rings. The molecule has 70 heavy (non-hydrogen) atoms. The van der Waals surface area contributed by atoms with Crippen molar-refractivity contribution in [3.63, 3.8) is 0 Å². The van der Waals surface area contributed by atoms with E-state index in [0.29, 0.717) is 11.5 Å². The Balaban J connectivity index is 0.00000533.